The lowest BCUT2D eigenvalue weighted by atomic mass is 10.1. The highest BCUT2D eigenvalue weighted by Gasteiger charge is 2.29. The van der Waals surface area contributed by atoms with Crippen LogP contribution in [-0.4, -0.2) is 31.7 Å². The van der Waals surface area contributed by atoms with Crippen LogP contribution in [0.5, 0.6) is 0 Å². The largest absolute Gasteiger partial charge is 0.450 e. The van der Waals surface area contributed by atoms with Gasteiger partial charge < -0.3 is 4.42 Å². The minimum absolute atomic E-state index is 0.0180. The first kappa shape index (κ1) is 18.5. The van der Waals surface area contributed by atoms with Gasteiger partial charge in [0.25, 0.3) is 0 Å². The van der Waals surface area contributed by atoms with E-state index in [1.165, 1.54) is 0 Å². The molecule has 1 fully saturated rings. The highest BCUT2D eigenvalue weighted by Crippen LogP contribution is 2.31. The molecule has 8 heteroatoms. The van der Waals surface area contributed by atoms with Gasteiger partial charge in [-0.05, 0) is 24.6 Å². The third-order valence-corrected chi connectivity index (χ3v) is 6.99. The first-order chi connectivity index (χ1) is 13.3. The molecular formula is C20H20N2O5S. The quantitative estimate of drug-likeness (QED) is 0.657. The Morgan fingerprint density at radius 2 is 1.89 bits per heavy atom. The van der Waals surface area contributed by atoms with Crippen molar-refractivity contribution in [1.29, 1.82) is 0 Å². The van der Waals surface area contributed by atoms with Gasteiger partial charge in [-0.25, -0.2) is 8.42 Å². The van der Waals surface area contributed by atoms with Gasteiger partial charge in [-0.3, -0.25) is 20.4 Å². The number of furan rings is 1. The van der Waals surface area contributed by atoms with Crippen LogP contribution < -0.4 is 10.9 Å². The van der Waals surface area contributed by atoms with Gasteiger partial charge in [-0.15, -0.1) is 0 Å². The van der Waals surface area contributed by atoms with E-state index < -0.39 is 21.7 Å². The summed E-state index contributed by atoms with van der Waals surface area (Å²) in [7, 11) is -3.04. The van der Waals surface area contributed by atoms with Gasteiger partial charge in [0, 0.05) is 22.8 Å². The van der Waals surface area contributed by atoms with Gasteiger partial charge in [0.2, 0.25) is 5.91 Å². The number of carbonyl (C=O) groups excluding carboxylic acids is 2. The number of sulfone groups is 1. The normalized spacial score (nSPS) is 18.4. The average molecular weight is 400 g/mol. The van der Waals surface area contributed by atoms with Crippen molar-refractivity contribution in [1.82, 2.24) is 10.9 Å². The molecular weight excluding hydrogens is 380 g/mol. The van der Waals surface area contributed by atoms with Crippen LogP contribution in [0.25, 0.3) is 21.7 Å². The summed E-state index contributed by atoms with van der Waals surface area (Å²) in [6.45, 7) is 1.79. The van der Waals surface area contributed by atoms with E-state index >= 15 is 0 Å². The zero-order valence-electron chi connectivity index (χ0n) is 15.3. The van der Waals surface area contributed by atoms with Crippen molar-refractivity contribution in [3.63, 3.8) is 0 Å². The van der Waals surface area contributed by atoms with Crippen LogP contribution >= 0.6 is 0 Å². The number of rotatable bonds is 3. The second-order valence-corrected chi connectivity index (χ2v) is 9.42. The number of hydrogen-bond acceptors (Lipinski definition) is 5. The fourth-order valence-corrected chi connectivity index (χ4v) is 5.56. The maximum atomic E-state index is 12.5. The van der Waals surface area contributed by atoms with Gasteiger partial charge in [0.1, 0.15) is 5.58 Å². The van der Waals surface area contributed by atoms with Crippen molar-refractivity contribution in [2.24, 2.45) is 5.92 Å². The topological polar surface area (TPSA) is 105 Å². The molecule has 28 heavy (non-hydrogen) atoms. The third kappa shape index (κ3) is 3.47. The van der Waals surface area contributed by atoms with Crippen molar-refractivity contribution in [3.05, 3.63) is 47.7 Å². The molecule has 1 aromatic heterocycles. The lowest BCUT2D eigenvalue weighted by Gasteiger charge is -2.09. The summed E-state index contributed by atoms with van der Waals surface area (Å²) >= 11 is 0. The van der Waals surface area contributed by atoms with Crippen molar-refractivity contribution in [2.75, 3.05) is 11.5 Å². The second-order valence-electron chi connectivity index (χ2n) is 7.20. The van der Waals surface area contributed by atoms with Gasteiger partial charge in [0.05, 0.1) is 11.5 Å². The number of amides is 2. The molecule has 3 aromatic rings. The summed E-state index contributed by atoms with van der Waals surface area (Å²) in [6, 6.07) is 11.6. The zero-order valence-corrected chi connectivity index (χ0v) is 16.1. The molecule has 2 amide bonds. The molecule has 0 aliphatic carbocycles. The third-order valence-electron chi connectivity index (χ3n) is 5.15. The molecule has 0 saturated carbocycles. The number of aryl methyl sites for hydroxylation is 1. The molecule has 1 aliphatic heterocycles. The monoisotopic (exact) mass is 400 g/mol. The lowest BCUT2D eigenvalue weighted by molar-refractivity contribution is -0.122. The molecule has 4 rings (SSSR count). The van der Waals surface area contributed by atoms with Gasteiger partial charge in [0.15, 0.2) is 15.6 Å². The van der Waals surface area contributed by atoms with Crippen molar-refractivity contribution < 1.29 is 22.4 Å². The maximum Gasteiger partial charge on any atom is 0.305 e. The summed E-state index contributed by atoms with van der Waals surface area (Å²) < 4.78 is 28.8. The molecule has 0 radical (unpaired) electrons. The van der Waals surface area contributed by atoms with E-state index in [4.69, 9.17) is 4.42 Å². The number of carbonyl (C=O) groups is 2. The molecule has 2 aromatic carbocycles. The summed E-state index contributed by atoms with van der Waals surface area (Å²) in [5, 5.41) is 2.76. The Kier molecular flexibility index (Phi) is 4.58. The molecule has 0 spiro atoms. The summed E-state index contributed by atoms with van der Waals surface area (Å²) in [6.07, 6.45) is 0.530. The Hall–Kier alpha value is -2.87. The number of fused-ring (bicyclic) bond motifs is 3. The fraction of sp³-hybridized carbons (Fsp3) is 0.300. The molecule has 2 heterocycles. The van der Waals surface area contributed by atoms with Crippen LogP contribution in [0.2, 0.25) is 0 Å². The molecule has 0 unspecified atom stereocenters. The van der Waals surface area contributed by atoms with Gasteiger partial charge in [-0.2, -0.15) is 0 Å². The van der Waals surface area contributed by atoms with E-state index in [0.29, 0.717) is 17.6 Å². The minimum Gasteiger partial charge on any atom is -0.450 e. The molecule has 1 aliphatic rings. The summed E-state index contributed by atoms with van der Waals surface area (Å²) in [5.41, 5.74) is 6.03. The number of benzene rings is 2. The highest BCUT2D eigenvalue weighted by atomic mass is 32.2. The Balaban J connectivity index is 1.47. The Bertz CT molecular complexity index is 1200. The molecule has 2 N–H and O–H groups in total. The van der Waals surface area contributed by atoms with Crippen LogP contribution in [0.15, 0.2) is 40.8 Å². The minimum atomic E-state index is -3.04. The Morgan fingerprint density at radius 3 is 2.64 bits per heavy atom. The van der Waals surface area contributed by atoms with E-state index in [1.807, 2.05) is 36.4 Å². The van der Waals surface area contributed by atoms with Crippen LogP contribution in [0, 0.1) is 12.8 Å². The number of nitrogens with one attached hydrogen (secondary N) is 2. The molecule has 1 saturated heterocycles. The zero-order chi connectivity index (χ0) is 19.9. The average Bonchev–Trinajstić information content (AvgIpc) is 3.19. The number of hydrogen-bond donors (Lipinski definition) is 2. The Morgan fingerprint density at radius 1 is 1.11 bits per heavy atom. The first-order valence-electron chi connectivity index (χ1n) is 9.04. The Labute approximate surface area is 162 Å². The van der Waals surface area contributed by atoms with E-state index in [0.717, 1.165) is 16.2 Å². The van der Waals surface area contributed by atoms with Crippen LogP contribution in [0.4, 0.5) is 0 Å². The lowest BCUT2D eigenvalue weighted by Crippen LogP contribution is -2.42. The van der Waals surface area contributed by atoms with Crippen LogP contribution in [-0.2, 0) is 14.6 Å². The highest BCUT2D eigenvalue weighted by molar-refractivity contribution is 7.91. The maximum absolute atomic E-state index is 12.5. The smallest absolute Gasteiger partial charge is 0.305 e. The molecule has 1 atom stereocenters. The van der Waals surface area contributed by atoms with Gasteiger partial charge in [-0.1, -0.05) is 36.4 Å². The van der Waals surface area contributed by atoms with Gasteiger partial charge >= 0.3 is 5.91 Å². The predicted octanol–water partition coefficient (Wildman–Crippen LogP) is 2.48. The van der Waals surface area contributed by atoms with Crippen LogP contribution in [0.1, 0.15) is 29.0 Å². The fourth-order valence-electron chi connectivity index (χ4n) is 3.70. The number of hydrazine groups is 1. The van der Waals surface area contributed by atoms with Crippen molar-refractivity contribution in [3.8, 4) is 0 Å². The van der Waals surface area contributed by atoms with Crippen molar-refractivity contribution in [2.45, 2.75) is 19.8 Å². The van der Waals surface area contributed by atoms with E-state index in [1.54, 1.807) is 6.92 Å². The molecule has 7 nitrogen and oxygen atoms in total. The van der Waals surface area contributed by atoms with E-state index in [2.05, 4.69) is 10.9 Å². The van der Waals surface area contributed by atoms with Crippen LogP contribution in [0.3, 0.4) is 0 Å². The summed E-state index contributed by atoms with van der Waals surface area (Å²) in [4.78, 5) is 24.5. The predicted molar refractivity (Wildman–Crippen MR) is 105 cm³/mol. The van der Waals surface area contributed by atoms with Crippen molar-refractivity contribution >= 4 is 43.4 Å². The summed E-state index contributed by atoms with van der Waals surface area (Å²) in [5.74, 6) is -0.913. The van der Waals surface area contributed by atoms with E-state index in [-0.39, 0.29) is 29.6 Å². The first-order valence-corrected chi connectivity index (χ1v) is 10.9. The molecule has 0 bridgehead atoms. The molecule has 146 valence electrons. The standard InChI is InChI=1S/C20H20N2O5S/c1-12-15-7-6-14-4-2-3-5-16(14)19(15)27-18(12)20(24)22-21-17(23)10-13-8-9-28(25,26)11-13/h2-7,13H,8-11H2,1H3,(H,21,23)(H,22,24)/t13-/m0/s1. The SMILES string of the molecule is Cc1c(C(=O)NNC(=O)C[C@@H]2CCS(=O)(=O)C2)oc2c1ccc1ccccc12. The second kappa shape index (κ2) is 6.94. The van der Waals surface area contributed by atoms with E-state index in [9.17, 15) is 18.0 Å².